The zero-order chi connectivity index (χ0) is 12.0. The van der Waals surface area contributed by atoms with Crippen LogP contribution in [0.2, 0.25) is 0 Å². The number of methoxy groups -OCH3 is 2. The maximum atomic E-state index is 9.29. The first-order valence-electron chi connectivity index (χ1n) is 4.88. The number of aliphatic hydroxyl groups excluding tert-OH is 1. The van der Waals surface area contributed by atoms with Gasteiger partial charge in [-0.2, -0.15) is 0 Å². The van der Waals surface area contributed by atoms with Crippen LogP contribution in [0.15, 0.2) is 18.2 Å². The minimum atomic E-state index is -0.293. The second kappa shape index (κ2) is 6.58. The van der Waals surface area contributed by atoms with Gasteiger partial charge in [-0.1, -0.05) is 6.07 Å². The predicted molar refractivity (Wildman–Crippen MR) is 64.1 cm³/mol. The molecule has 2 N–H and O–H groups in total. The Morgan fingerprint density at radius 3 is 2.69 bits per heavy atom. The fourth-order valence-electron chi connectivity index (χ4n) is 1.39. The van der Waals surface area contributed by atoms with Crippen molar-refractivity contribution in [1.29, 1.82) is 0 Å². The summed E-state index contributed by atoms with van der Waals surface area (Å²) >= 11 is 5.71. The van der Waals surface area contributed by atoms with Crippen molar-refractivity contribution in [2.75, 3.05) is 25.4 Å². The number of halogens is 1. The minimum absolute atomic E-state index is 0.106. The molecule has 0 aliphatic heterocycles. The van der Waals surface area contributed by atoms with Gasteiger partial charge in [0.2, 0.25) is 0 Å². The highest BCUT2D eigenvalue weighted by molar-refractivity contribution is 6.18. The van der Waals surface area contributed by atoms with Crippen molar-refractivity contribution in [2.24, 2.45) is 0 Å². The van der Waals surface area contributed by atoms with Crippen LogP contribution in [-0.2, 0) is 11.3 Å². The third-order valence-corrected chi connectivity index (χ3v) is 2.53. The lowest BCUT2D eigenvalue weighted by Gasteiger charge is -2.19. The topological polar surface area (TPSA) is 50.7 Å². The molecule has 0 saturated carbocycles. The van der Waals surface area contributed by atoms with Gasteiger partial charge in [-0.25, -0.2) is 0 Å². The lowest BCUT2D eigenvalue weighted by Crippen LogP contribution is -2.24. The Hall–Kier alpha value is -0.970. The molecular formula is C11H16ClNO3. The molecular weight excluding hydrogens is 230 g/mol. The molecule has 4 nitrogen and oxygen atoms in total. The molecule has 0 aliphatic carbocycles. The van der Waals surface area contributed by atoms with Gasteiger partial charge in [0.25, 0.3) is 0 Å². The van der Waals surface area contributed by atoms with Gasteiger partial charge in [0.05, 0.1) is 19.6 Å². The molecule has 1 aromatic carbocycles. The van der Waals surface area contributed by atoms with Crippen LogP contribution in [0.4, 0.5) is 5.69 Å². The summed E-state index contributed by atoms with van der Waals surface area (Å²) < 4.78 is 10.3. The van der Waals surface area contributed by atoms with Crippen molar-refractivity contribution in [3.63, 3.8) is 0 Å². The first-order chi connectivity index (χ1) is 7.76. The molecule has 90 valence electrons. The van der Waals surface area contributed by atoms with E-state index >= 15 is 0 Å². The summed E-state index contributed by atoms with van der Waals surface area (Å²) in [6, 6.07) is 5.47. The Labute approximate surface area is 100 Å². The van der Waals surface area contributed by atoms with Gasteiger partial charge in [-0.05, 0) is 12.1 Å². The first kappa shape index (κ1) is 13.1. The highest BCUT2D eigenvalue weighted by atomic mass is 35.5. The van der Waals surface area contributed by atoms with Crippen molar-refractivity contribution in [1.82, 2.24) is 0 Å². The van der Waals surface area contributed by atoms with E-state index < -0.39 is 0 Å². The number of anilines is 1. The highest BCUT2D eigenvalue weighted by Gasteiger charge is 2.11. The maximum absolute atomic E-state index is 9.29. The second-order valence-electron chi connectivity index (χ2n) is 3.17. The first-order valence-corrected chi connectivity index (χ1v) is 5.42. The quantitative estimate of drug-likeness (QED) is 0.593. The number of nitrogens with one attached hydrogen (secondary N) is 1. The Morgan fingerprint density at radius 2 is 2.19 bits per heavy atom. The highest BCUT2D eigenvalue weighted by Crippen LogP contribution is 2.26. The molecule has 0 radical (unpaired) electrons. The summed E-state index contributed by atoms with van der Waals surface area (Å²) in [6.07, 6.45) is -0.293. The SMILES string of the molecule is COc1cccc(NC(CCl)OC)c1CO. The van der Waals surface area contributed by atoms with E-state index in [1.54, 1.807) is 20.3 Å². The molecule has 1 unspecified atom stereocenters. The third kappa shape index (κ3) is 3.01. The van der Waals surface area contributed by atoms with Crippen LogP contribution in [0.25, 0.3) is 0 Å². The summed E-state index contributed by atoms with van der Waals surface area (Å²) in [5.41, 5.74) is 1.45. The van der Waals surface area contributed by atoms with E-state index in [0.29, 0.717) is 17.2 Å². The molecule has 1 atom stereocenters. The predicted octanol–water partition coefficient (Wildman–Crippen LogP) is 1.81. The molecule has 0 heterocycles. The number of alkyl halides is 1. The molecule has 0 spiro atoms. The normalized spacial score (nSPS) is 12.2. The number of aliphatic hydroxyl groups is 1. The Morgan fingerprint density at radius 1 is 1.44 bits per heavy atom. The van der Waals surface area contributed by atoms with Crippen LogP contribution in [-0.4, -0.2) is 31.4 Å². The van der Waals surface area contributed by atoms with Crippen LogP contribution < -0.4 is 10.1 Å². The van der Waals surface area contributed by atoms with Gasteiger partial charge in [-0.15, -0.1) is 11.6 Å². The average molecular weight is 246 g/mol. The molecule has 1 aromatic rings. The molecule has 0 aromatic heterocycles. The van der Waals surface area contributed by atoms with Crippen LogP contribution in [0.5, 0.6) is 5.75 Å². The van der Waals surface area contributed by atoms with Crippen molar-refractivity contribution < 1.29 is 14.6 Å². The van der Waals surface area contributed by atoms with E-state index in [-0.39, 0.29) is 12.8 Å². The number of ether oxygens (including phenoxy) is 2. The molecule has 0 amide bonds. The number of benzene rings is 1. The standard InChI is InChI=1S/C11H16ClNO3/c1-15-10-5-3-4-9(8(10)7-14)13-11(6-12)16-2/h3-5,11,13-14H,6-7H2,1-2H3. The van der Waals surface area contributed by atoms with E-state index in [4.69, 9.17) is 21.1 Å². The average Bonchev–Trinajstić information content (AvgIpc) is 2.35. The van der Waals surface area contributed by atoms with Crippen molar-refractivity contribution >= 4 is 17.3 Å². The molecule has 1 rings (SSSR count). The summed E-state index contributed by atoms with van der Waals surface area (Å²) in [6.45, 7) is -0.106. The van der Waals surface area contributed by atoms with Gasteiger partial charge >= 0.3 is 0 Å². The van der Waals surface area contributed by atoms with Crippen LogP contribution in [0.3, 0.4) is 0 Å². The van der Waals surface area contributed by atoms with Gasteiger partial charge < -0.3 is 19.9 Å². The molecule has 5 heteroatoms. The number of hydrogen-bond donors (Lipinski definition) is 2. The van der Waals surface area contributed by atoms with E-state index in [1.807, 2.05) is 12.1 Å². The summed E-state index contributed by atoms with van der Waals surface area (Å²) in [5.74, 6) is 0.954. The molecule has 0 aliphatic rings. The van der Waals surface area contributed by atoms with Gasteiger partial charge in [0.1, 0.15) is 12.0 Å². The number of rotatable bonds is 6. The largest absolute Gasteiger partial charge is 0.496 e. The van der Waals surface area contributed by atoms with Gasteiger partial charge in [0.15, 0.2) is 0 Å². The van der Waals surface area contributed by atoms with E-state index in [2.05, 4.69) is 5.32 Å². The zero-order valence-electron chi connectivity index (χ0n) is 9.37. The Balaban J connectivity index is 2.94. The fourth-order valence-corrected chi connectivity index (χ4v) is 1.59. The van der Waals surface area contributed by atoms with E-state index in [1.165, 1.54) is 0 Å². The lowest BCUT2D eigenvalue weighted by molar-refractivity contribution is 0.143. The van der Waals surface area contributed by atoms with Crippen LogP contribution in [0, 0.1) is 0 Å². The molecule has 0 saturated heterocycles. The Bertz CT molecular complexity index is 329. The van der Waals surface area contributed by atoms with Crippen LogP contribution >= 0.6 is 11.6 Å². The van der Waals surface area contributed by atoms with E-state index in [9.17, 15) is 5.11 Å². The van der Waals surface area contributed by atoms with E-state index in [0.717, 1.165) is 5.69 Å². The lowest BCUT2D eigenvalue weighted by atomic mass is 10.1. The fraction of sp³-hybridized carbons (Fsp3) is 0.455. The molecule has 0 fully saturated rings. The summed E-state index contributed by atoms with van der Waals surface area (Å²) in [7, 11) is 3.13. The molecule has 16 heavy (non-hydrogen) atoms. The summed E-state index contributed by atoms with van der Waals surface area (Å²) in [5, 5.41) is 12.4. The molecule has 0 bridgehead atoms. The van der Waals surface area contributed by atoms with Crippen molar-refractivity contribution in [3.8, 4) is 5.75 Å². The minimum Gasteiger partial charge on any atom is -0.496 e. The van der Waals surface area contributed by atoms with Gasteiger partial charge in [0, 0.05) is 18.4 Å². The van der Waals surface area contributed by atoms with Crippen molar-refractivity contribution in [3.05, 3.63) is 23.8 Å². The zero-order valence-corrected chi connectivity index (χ0v) is 10.1. The third-order valence-electron chi connectivity index (χ3n) is 2.25. The Kier molecular flexibility index (Phi) is 5.38. The van der Waals surface area contributed by atoms with Crippen LogP contribution in [0.1, 0.15) is 5.56 Å². The monoisotopic (exact) mass is 245 g/mol. The van der Waals surface area contributed by atoms with Gasteiger partial charge in [-0.3, -0.25) is 0 Å². The second-order valence-corrected chi connectivity index (χ2v) is 3.48. The maximum Gasteiger partial charge on any atom is 0.141 e. The smallest absolute Gasteiger partial charge is 0.141 e. The number of hydrogen-bond acceptors (Lipinski definition) is 4. The summed E-state index contributed by atoms with van der Waals surface area (Å²) in [4.78, 5) is 0. The van der Waals surface area contributed by atoms with Crippen molar-refractivity contribution in [2.45, 2.75) is 12.8 Å².